The van der Waals surface area contributed by atoms with Crippen LogP contribution in [0.2, 0.25) is 0 Å². The fourth-order valence-electron chi connectivity index (χ4n) is 0.232. The number of hydrogen-bond donors (Lipinski definition) is 0. The first-order chi connectivity index (χ1) is 4.16. The first-order valence-electron chi connectivity index (χ1n) is 2.18. The van der Waals surface area contributed by atoms with Crippen LogP contribution in [0.4, 0.5) is 0 Å². The number of halogens is 2. The molecule has 0 aliphatic rings. The molecule has 0 N–H and O–H groups in total. The van der Waals surface area contributed by atoms with E-state index in [0.29, 0.717) is 0 Å². The molecule has 6 heteroatoms. The van der Waals surface area contributed by atoms with E-state index in [1.54, 1.807) is 0 Å². The maximum atomic E-state index is 9.54. The highest BCUT2D eigenvalue weighted by atomic mass is 35.5. The molecule has 0 spiro atoms. The summed E-state index contributed by atoms with van der Waals surface area (Å²) in [6.45, 7) is 0. The monoisotopic (exact) mass is 173 g/mol. The molecule has 0 aliphatic heterocycles. The lowest BCUT2D eigenvalue weighted by Crippen LogP contribution is -2.10. The zero-order valence-electron chi connectivity index (χ0n) is 4.42. The molecule has 0 amide bonds. The quantitative estimate of drug-likeness (QED) is 0.367. The van der Waals surface area contributed by atoms with Crippen molar-refractivity contribution in [3.63, 3.8) is 0 Å². The molecule has 0 aliphatic carbocycles. The van der Waals surface area contributed by atoms with Gasteiger partial charge in [-0.25, -0.2) is 0 Å². The Kier molecular flexibility index (Phi) is 4.53. The van der Waals surface area contributed by atoms with Crippen LogP contribution in [0.25, 0.3) is 0 Å². The Morgan fingerprint density at radius 3 is 2.67 bits per heavy atom. The Morgan fingerprint density at radius 1 is 1.78 bits per heavy atom. The molecule has 0 saturated carbocycles. The van der Waals surface area contributed by atoms with Gasteiger partial charge in [0.15, 0.2) is 5.56 Å². The van der Waals surface area contributed by atoms with Crippen molar-refractivity contribution in [2.24, 2.45) is 0 Å². The topological polar surface area (TPSA) is 52.4 Å². The molecule has 0 aromatic heterocycles. The molecule has 0 saturated heterocycles. The van der Waals surface area contributed by atoms with Gasteiger partial charge in [0.25, 0.3) is 5.09 Å². The first kappa shape index (κ1) is 8.78. The maximum absolute atomic E-state index is 9.54. The molecule has 0 radical (unpaired) electrons. The number of hydrogen-bond acceptors (Lipinski definition) is 3. The molecule has 0 aromatic rings. The lowest BCUT2D eigenvalue weighted by atomic mass is 10.5. The Balaban J connectivity index is 3.26. The summed E-state index contributed by atoms with van der Waals surface area (Å²) in [5.74, 6) is 0.252. The van der Waals surface area contributed by atoms with Crippen LogP contribution in [0.5, 0.6) is 0 Å². The highest BCUT2D eigenvalue weighted by Gasteiger charge is 2.06. The minimum absolute atomic E-state index is 0.252. The van der Waals surface area contributed by atoms with Gasteiger partial charge in [-0.05, 0) is 0 Å². The fraction of sp³-hybridized carbons (Fsp3) is 1.00. The molecule has 4 nitrogen and oxygen atoms in total. The van der Waals surface area contributed by atoms with Crippen molar-refractivity contribution in [3.05, 3.63) is 10.1 Å². The van der Waals surface area contributed by atoms with Crippen molar-refractivity contribution in [1.82, 2.24) is 0 Å². The third-order valence-corrected chi connectivity index (χ3v) is 1.05. The van der Waals surface area contributed by atoms with Crippen LogP contribution in [-0.2, 0) is 4.84 Å². The summed E-state index contributed by atoms with van der Waals surface area (Å²) in [6.07, 6.45) is 0.268. The predicted molar refractivity (Wildman–Crippen MR) is 33.1 cm³/mol. The van der Waals surface area contributed by atoms with Crippen molar-refractivity contribution >= 4 is 23.2 Å². The van der Waals surface area contributed by atoms with E-state index >= 15 is 0 Å². The minimum atomic E-state index is -0.940. The van der Waals surface area contributed by atoms with Crippen LogP contribution < -0.4 is 0 Å². The average Bonchev–Trinajstić information content (AvgIpc) is 1.63. The summed E-state index contributed by atoms with van der Waals surface area (Å²) in [6, 6.07) is 0. The van der Waals surface area contributed by atoms with Gasteiger partial charge in [0.05, 0.1) is 0 Å². The third-order valence-electron chi connectivity index (χ3n) is 0.537. The SMILES string of the molecule is O=[N+]([O-])OC(Cl)CCCl. The van der Waals surface area contributed by atoms with E-state index in [-0.39, 0.29) is 12.3 Å². The maximum Gasteiger partial charge on any atom is 0.295 e. The smallest absolute Gasteiger partial charge is 0.295 e. The molecule has 0 bridgehead atoms. The molecule has 0 aromatic carbocycles. The molecule has 1 unspecified atom stereocenters. The molecule has 0 fully saturated rings. The lowest BCUT2D eigenvalue weighted by molar-refractivity contribution is -0.762. The van der Waals surface area contributed by atoms with E-state index in [0.717, 1.165) is 0 Å². The first-order valence-corrected chi connectivity index (χ1v) is 3.15. The number of alkyl halides is 2. The van der Waals surface area contributed by atoms with E-state index in [2.05, 4.69) is 4.84 Å². The van der Waals surface area contributed by atoms with Gasteiger partial charge >= 0.3 is 0 Å². The van der Waals surface area contributed by atoms with Crippen molar-refractivity contribution in [3.8, 4) is 0 Å². The van der Waals surface area contributed by atoms with Crippen LogP contribution >= 0.6 is 23.2 Å². The van der Waals surface area contributed by atoms with Crippen molar-refractivity contribution in [2.45, 2.75) is 12.0 Å². The normalized spacial score (nSPS) is 12.7. The Labute approximate surface area is 61.8 Å². The third kappa shape index (κ3) is 5.65. The average molecular weight is 174 g/mol. The summed E-state index contributed by atoms with van der Waals surface area (Å²) < 4.78 is 0. The standard InChI is InChI=1S/C3H5Cl2NO3/c4-2-1-3(5)9-6(7)8/h3H,1-2H2. The second-order valence-corrected chi connectivity index (χ2v) is 2.08. The molecular weight excluding hydrogens is 169 g/mol. The van der Waals surface area contributed by atoms with E-state index in [9.17, 15) is 10.1 Å². The van der Waals surface area contributed by atoms with Gasteiger partial charge in [-0.3, -0.25) is 4.84 Å². The summed E-state index contributed by atoms with van der Waals surface area (Å²) in [5.41, 5.74) is -0.919. The van der Waals surface area contributed by atoms with E-state index in [1.807, 2.05) is 0 Å². The summed E-state index contributed by atoms with van der Waals surface area (Å²) in [4.78, 5) is 13.4. The van der Waals surface area contributed by atoms with E-state index in [1.165, 1.54) is 0 Å². The van der Waals surface area contributed by atoms with Gasteiger partial charge in [-0.2, -0.15) is 0 Å². The summed E-state index contributed by atoms with van der Waals surface area (Å²) in [7, 11) is 0. The Hall–Kier alpha value is -0.220. The Bertz CT molecular complexity index is 99.1. The van der Waals surface area contributed by atoms with Crippen molar-refractivity contribution in [2.75, 3.05) is 5.88 Å². The molecule has 0 rings (SSSR count). The predicted octanol–water partition coefficient (Wildman–Crippen LogP) is 1.39. The molecular formula is C3H5Cl2NO3. The molecule has 9 heavy (non-hydrogen) atoms. The van der Waals surface area contributed by atoms with Gasteiger partial charge in [-0.1, -0.05) is 11.6 Å². The zero-order chi connectivity index (χ0) is 7.28. The van der Waals surface area contributed by atoms with Gasteiger partial charge in [0.2, 0.25) is 0 Å². The van der Waals surface area contributed by atoms with Crippen molar-refractivity contribution < 1.29 is 9.92 Å². The highest BCUT2D eigenvalue weighted by Crippen LogP contribution is 2.04. The molecule has 1 atom stereocenters. The molecule has 54 valence electrons. The molecule has 0 heterocycles. The second kappa shape index (κ2) is 4.64. The summed E-state index contributed by atoms with van der Waals surface area (Å²) >= 11 is 10.4. The van der Waals surface area contributed by atoms with E-state index in [4.69, 9.17) is 23.2 Å². The summed E-state index contributed by atoms with van der Waals surface area (Å²) in [5, 5.41) is 8.60. The number of rotatable bonds is 4. The van der Waals surface area contributed by atoms with Gasteiger partial charge in [-0.15, -0.1) is 21.7 Å². The van der Waals surface area contributed by atoms with Crippen LogP contribution in [-0.4, -0.2) is 16.5 Å². The highest BCUT2D eigenvalue weighted by molar-refractivity contribution is 6.21. The van der Waals surface area contributed by atoms with Crippen LogP contribution in [0.1, 0.15) is 6.42 Å². The van der Waals surface area contributed by atoms with Gasteiger partial charge in [0, 0.05) is 12.3 Å². The fourth-order valence-corrected chi connectivity index (χ4v) is 0.716. The largest absolute Gasteiger partial charge is 0.295 e. The van der Waals surface area contributed by atoms with E-state index < -0.39 is 10.6 Å². The van der Waals surface area contributed by atoms with Gasteiger partial charge in [0.1, 0.15) is 0 Å². The van der Waals surface area contributed by atoms with Crippen molar-refractivity contribution in [1.29, 1.82) is 0 Å². The number of nitrogens with zero attached hydrogens (tertiary/aromatic N) is 1. The minimum Gasteiger partial charge on any atom is -0.295 e. The zero-order valence-corrected chi connectivity index (χ0v) is 5.93. The Morgan fingerprint density at radius 2 is 2.33 bits per heavy atom. The van der Waals surface area contributed by atoms with Gasteiger partial charge < -0.3 is 0 Å². The van der Waals surface area contributed by atoms with Crippen LogP contribution in [0.3, 0.4) is 0 Å². The second-order valence-electron chi connectivity index (χ2n) is 1.22. The van der Waals surface area contributed by atoms with Crippen LogP contribution in [0, 0.1) is 10.1 Å². The van der Waals surface area contributed by atoms with Crippen LogP contribution in [0.15, 0.2) is 0 Å². The lowest BCUT2D eigenvalue weighted by Gasteiger charge is -2.01.